The number of nitrogens with one attached hydrogen (secondary N) is 2. The molecule has 2 aliphatic rings. The molecule has 0 spiro atoms. The summed E-state index contributed by atoms with van der Waals surface area (Å²) in [5.41, 5.74) is 1.17. The van der Waals surface area contributed by atoms with E-state index < -0.39 is 6.10 Å². The maximum absolute atomic E-state index is 12.1. The van der Waals surface area contributed by atoms with Gasteiger partial charge in [-0.3, -0.25) is 4.79 Å². The van der Waals surface area contributed by atoms with E-state index in [1.807, 2.05) is 0 Å². The third kappa shape index (κ3) is 3.19. The van der Waals surface area contributed by atoms with Crippen molar-refractivity contribution in [3.8, 4) is 0 Å². The molecule has 0 saturated carbocycles. The van der Waals surface area contributed by atoms with Crippen LogP contribution in [0.1, 0.15) is 42.7 Å². The van der Waals surface area contributed by atoms with Crippen molar-refractivity contribution in [2.75, 3.05) is 11.9 Å². The fourth-order valence-corrected chi connectivity index (χ4v) is 3.92. The first-order valence-corrected chi connectivity index (χ1v) is 8.25. The second-order valence-electron chi connectivity index (χ2n) is 5.64. The quantitative estimate of drug-likeness (QED) is 0.772. The van der Waals surface area contributed by atoms with Crippen LogP contribution in [0.5, 0.6) is 0 Å². The fourth-order valence-electron chi connectivity index (χ4n) is 2.87. The molecule has 2 unspecified atom stereocenters. The average Bonchev–Trinajstić information content (AvgIpc) is 2.97. The Bertz CT molecular complexity index is 463. The number of fused-ring (bicyclic) bond motifs is 1. The molecule has 1 fully saturated rings. The zero-order valence-corrected chi connectivity index (χ0v) is 12.3. The number of β-amino-alcohol motifs (C(OH)–C–C–N with tert-alkyl or cyclic N) is 1. The van der Waals surface area contributed by atoms with Crippen molar-refractivity contribution in [2.24, 2.45) is 0 Å². The van der Waals surface area contributed by atoms with Gasteiger partial charge in [0.05, 0.1) is 17.8 Å². The zero-order valence-electron chi connectivity index (χ0n) is 11.5. The van der Waals surface area contributed by atoms with Crippen LogP contribution in [0.25, 0.3) is 0 Å². The van der Waals surface area contributed by atoms with E-state index in [0.717, 1.165) is 12.8 Å². The van der Waals surface area contributed by atoms with Crippen molar-refractivity contribution >= 4 is 22.4 Å². The number of carbonyl (C=O) groups excluding carboxylic acids is 1. The molecular weight excluding hydrogens is 274 g/mol. The lowest BCUT2D eigenvalue weighted by Crippen LogP contribution is -2.35. The maximum Gasteiger partial charge on any atom is 0.243 e. The molecule has 1 aromatic rings. The molecule has 3 N–H and O–H groups in total. The van der Waals surface area contributed by atoms with Crippen LogP contribution in [0.15, 0.2) is 0 Å². The van der Waals surface area contributed by atoms with E-state index in [1.165, 1.54) is 36.3 Å². The van der Waals surface area contributed by atoms with Gasteiger partial charge < -0.3 is 15.7 Å². The molecule has 1 saturated heterocycles. The Balaban J connectivity index is 1.65. The third-order valence-corrected chi connectivity index (χ3v) is 5.07. The summed E-state index contributed by atoms with van der Waals surface area (Å²) in [4.78, 5) is 18.0. The maximum atomic E-state index is 12.1. The van der Waals surface area contributed by atoms with Gasteiger partial charge in [-0.1, -0.05) is 12.8 Å². The van der Waals surface area contributed by atoms with Crippen LogP contribution in [-0.4, -0.2) is 34.7 Å². The Morgan fingerprint density at radius 2 is 2.10 bits per heavy atom. The molecule has 1 aliphatic carbocycles. The first-order valence-electron chi connectivity index (χ1n) is 7.43. The van der Waals surface area contributed by atoms with Gasteiger partial charge in [0, 0.05) is 11.4 Å². The van der Waals surface area contributed by atoms with Crippen molar-refractivity contribution in [2.45, 2.75) is 57.1 Å². The van der Waals surface area contributed by atoms with Crippen LogP contribution >= 0.6 is 11.3 Å². The van der Waals surface area contributed by atoms with Crippen LogP contribution < -0.4 is 10.6 Å². The molecule has 3 rings (SSSR count). The number of carbonyl (C=O) groups is 1. The van der Waals surface area contributed by atoms with Gasteiger partial charge >= 0.3 is 0 Å². The highest BCUT2D eigenvalue weighted by molar-refractivity contribution is 7.15. The monoisotopic (exact) mass is 295 g/mol. The molecule has 1 aliphatic heterocycles. The van der Waals surface area contributed by atoms with Crippen molar-refractivity contribution in [3.63, 3.8) is 0 Å². The van der Waals surface area contributed by atoms with Gasteiger partial charge in [-0.2, -0.15) is 0 Å². The number of hydrogen-bond acceptors (Lipinski definition) is 5. The average molecular weight is 295 g/mol. The normalized spacial score (nSPS) is 26.6. The van der Waals surface area contributed by atoms with Crippen molar-refractivity contribution in [1.82, 2.24) is 10.3 Å². The predicted molar refractivity (Wildman–Crippen MR) is 79.0 cm³/mol. The summed E-state index contributed by atoms with van der Waals surface area (Å²) < 4.78 is 0. The largest absolute Gasteiger partial charge is 0.392 e. The zero-order chi connectivity index (χ0) is 13.9. The molecule has 0 radical (unpaired) electrons. The number of hydrogen-bond donors (Lipinski definition) is 3. The highest BCUT2D eigenvalue weighted by Crippen LogP contribution is 2.28. The molecular formula is C14H21N3O2S. The van der Waals surface area contributed by atoms with E-state index in [4.69, 9.17) is 0 Å². The second kappa shape index (κ2) is 6.20. The SMILES string of the molecule is O=C(Nc1nc2c(s1)CCCCCC2)C1CC(O)CN1. The topological polar surface area (TPSA) is 74.2 Å². The number of anilines is 1. The summed E-state index contributed by atoms with van der Waals surface area (Å²) in [6.07, 6.45) is 7.18. The summed E-state index contributed by atoms with van der Waals surface area (Å²) in [5.74, 6) is -0.0803. The molecule has 110 valence electrons. The number of aromatic nitrogens is 1. The van der Waals surface area contributed by atoms with E-state index in [9.17, 15) is 9.90 Å². The highest BCUT2D eigenvalue weighted by Gasteiger charge is 2.28. The molecule has 0 aromatic carbocycles. The molecule has 6 heteroatoms. The van der Waals surface area contributed by atoms with Gasteiger partial charge in [0.25, 0.3) is 0 Å². The van der Waals surface area contributed by atoms with Gasteiger partial charge in [0.15, 0.2) is 5.13 Å². The lowest BCUT2D eigenvalue weighted by molar-refractivity contribution is -0.117. The first kappa shape index (κ1) is 14.0. The predicted octanol–water partition coefficient (Wildman–Crippen LogP) is 1.46. The number of aliphatic hydroxyl groups excluding tert-OH is 1. The van der Waals surface area contributed by atoms with E-state index >= 15 is 0 Å². The van der Waals surface area contributed by atoms with Crippen LogP contribution in [0.4, 0.5) is 5.13 Å². The Morgan fingerprint density at radius 1 is 1.30 bits per heavy atom. The Labute approximate surface area is 122 Å². The Hall–Kier alpha value is -0.980. The number of aliphatic hydroxyl groups is 1. The molecule has 1 amide bonds. The van der Waals surface area contributed by atoms with Crippen molar-refractivity contribution < 1.29 is 9.90 Å². The Morgan fingerprint density at radius 3 is 2.85 bits per heavy atom. The summed E-state index contributed by atoms with van der Waals surface area (Å²) in [6.45, 7) is 0.493. The van der Waals surface area contributed by atoms with Gasteiger partial charge in [0.2, 0.25) is 5.91 Å². The van der Waals surface area contributed by atoms with E-state index in [0.29, 0.717) is 18.1 Å². The molecule has 2 heterocycles. The molecule has 2 atom stereocenters. The van der Waals surface area contributed by atoms with E-state index in [2.05, 4.69) is 15.6 Å². The standard InChI is InChI=1S/C14H21N3O2S/c18-9-7-11(15-8-9)13(19)17-14-16-10-5-3-1-2-4-6-12(10)20-14/h9,11,15,18H,1-8H2,(H,16,17,19). The van der Waals surface area contributed by atoms with Crippen LogP contribution in [-0.2, 0) is 17.6 Å². The van der Waals surface area contributed by atoms with Gasteiger partial charge in [-0.05, 0) is 32.1 Å². The molecule has 1 aromatic heterocycles. The van der Waals surface area contributed by atoms with Crippen LogP contribution in [0.2, 0.25) is 0 Å². The summed E-state index contributed by atoms with van der Waals surface area (Å²) >= 11 is 1.61. The van der Waals surface area contributed by atoms with Gasteiger partial charge in [-0.15, -0.1) is 11.3 Å². The van der Waals surface area contributed by atoms with Crippen LogP contribution in [0, 0.1) is 0 Å². The number of thiazole rings is 1. The Kier molecular flexibility index (Phi) is 4.33. The number of rotatable bonds is 2. The molecule has 20 heavy (non-hydrogen) atoms. The summed E-state index contributed by atoms with van der Waals surface area (Å²) in [5, 5.41) is 16.1. The smallest absolute Gasteiger partial charge is 0.243 e. The summed E-state index contributed by atoms with van der Waals surface area (Å²) in [6, 6.07) is -0.295. The van der Waals surface area contributed by atoms with E-state index in [1.54, 1.807) is 11.3 Å². The lowest BCUT2D eigenvalue weighted by atomic mass is 10.0. The van der Waals surface area contributed by atoms with Gasteiger partial charge in [-0.25, -0.2) is 4.98 Å². The van der Waals surface area contributed by atoms with Crippen LogP contribution in [0.3, 0.4) is 0 Å². The third-order valence-electron chi connectivity index (χ3n) is 4.00. The van der Waals surface area contributed by atoms with Crippen molar-refractivity contribution in [1.29, 1.82) is 0 Å². The van der Waals surface area contributed by atoms with Crippen molar-refractivity contribution in [3.05, 3.63) is 10.6 Å². The number of aryl methyl sites for hydroxylation is 2. The minimum Gasteiger partial charge on any atom is -0.392 e. The minimum atomic E-state index is -0.415. The molecule has 0 bridgehead atoms. The first-order chi connectivity index (χ1) is 9.72. The second-order valence-corrected chi connectivity index (χ2v) is 6.73. The summed E-state index contributed by atoms with van der Waals surface area (Å²) in [7, 11) is 0. The van der Waals surface area contributed by atoms with E-state index in [-0.39, 0.29) is 11.9 Å². The number of amides is 1. The fraction of sp³-hybridized carbons (Fsp3) is 0.714. The lowest BCUT2D eigenvalue weighted by Gasteiger charge is -2.08. The number of nitrogens with zero attached hydrogens (tertiary/aromatic N) is 1. The van der Waals surface area contributed by atoms with Gasteiger partial charge in [0.1, 0.15) is 0 Å². The molecule has 5 nitrogen and oxygen atoms in total. The highest BCUT2D eigenvalue weighted by atomic mass is 32.1. The minimum absolute atomic E-state index is 0.0803.